The van der Waals surface area contributed by atoms with Gasteiger partial charge in [-0.25, -0.2) is 0 Å². The van der Waals surface area contributed by atoms with E-state index in [4.69, 9.17) is 9.47 Å². The van der Waals surface area contributed by atoms with Crippen LogP contribution in [0.1, 0.15) is 24.2 Å². The van der Waals surface area contributed by atoms with Crippen molar-refractivity contribution in [2.24, 2.45) is 0 Å². The molecule has 0 atom stereocenters. The predicted octanol–water partition coefficient (Wildman–Crippen LogP) is 3.81. The van der Waals surface area contributed by atoms with Gasteiger partial charge in [-0.05, 0) is 38.4 Å². The molecule has 1 amide bonds. The van der Waals surface area contributed by atoms with E-state index in [1.54, 1.807) is 0 Å². The summed E-state index contributed by atoms with van der Waals surface area (Å²) in [5, 5.41) is 0. The fraction of sp³-hybridized carbons (Fsp3) is 0.435. The fourth-order valence-electron chi connectivity index (χ4n) is 2.39. The van der Waals surface area contributed by atoms with E-state index in [1.165, 1.54) is 0 Å². The van der Waals surface area contributed by atoms with E-state index in [1.807, 2.05) is 93.5 Å². The number of likely N-dealkylation sites (N-methyl/N-ethyl adjacent to an activating group) is 1. The van der Waals surface area contributed by atoms with Crippen LogP contribution in [0.25, 0.3) is 0 Å². The number of benzene rings is 2. The Morgan fingerprint density at radius 2 is 1.50 bits per heavy atom. The Balaban J connectivity index is 0.000000260. The van der Waals surface area contributed by atoms with Crippen molar-refractivity contribution in [1.29, 1.82) is 0 Å². The van der Waals surface area contributed by atoms with Crippen LogP contribution in [-0.4, -0.2) is 69.3 Å². The monoisotopic (exact) mass is 386 g/mol. The third-order valence-electron chi connectivity index (χ3n) is 3.87. The lowest BCUT2D eigenvalue weighted by Crippen LogP contribution is -2.40. The number of carbonyl (C=O) groups is 1. The second kappa shape index (κ2) is 14.7. The molecule has 1 aliphatic rings. The first kappa shape index (κ1) is 23.7. The Kier molecular flexibility index (Phi) is 12.4. The standard InChI is InChI=1S/C11H13NO2.C10H15NO.C2H6/c13-11(10-4-2-1-3-5-10)12-6-8-14-9-7-12;1-11(2)8-9-12-10-6-4-3-5-7-10;1-2/h1-5H,6-9H2;3-7H,8-9H2,1-2H3;1-2H3. The summed E-state index contributed by atoms with van der Waals surface area (Å²) >= 11 is 0. The van der Waals surface area contributed by atoms with E-state index in [9.17, 15) is 4.79 Å². The maximum atomic E-state index is 11.9. The van der Waals surface area contributed by atoms with E-state index in [0.717, 1.165) is 24.5 Å². The van der Waals surface area contributed by atoms with E-state index in [-0.39, 0.29) is 5.91 Å². The lowest BCUT2D eigenvalue weighted by atomic mass is 10.2. The molecule has 0 radical (unpaired) electrons. The summed E-state index contributed by atoms with van der Waals surface area (Å²) in [4.78, 5) is 15.8. The maximum Gasteiger partial charge on any atom is 0.254 e. The molecule has 5 nitrogen and oxygen atoms in total. The van der Waals surface area contributed by atoms with Gasteiger partial charge >= 0.3 is 0 Å². The first-order valence-electron chi connectivity index (χ1n) is 9.91. The highest BCUT2D eigenvalue weighted by Gasteiger charge is 2.17. The largest absolute Gasteiger partial charge is 0.492 e. The normalized spacial score (nSPS) is 13.0. The second-order valence-electron chi connectivity index (χ2n) is 6.24. The Bertz CT molecular complexity index is 627. The molecule has 0 unspecified atom stereocenters. The van der Waals surface area contributed by atoms with Crippen LogP contribution < -0.4 is 4.74 Å². The van der Waals surface area contributed by atoms with E-state index < -0.39 is 0 Å². The smallest absolute Gasteiger partial charge is 0.254 e. The van der Waals surface area contributed by atoms with E-state index >= 15 is 0 Å². The van der Waals surface area contributed by atoms with Gasteiger partial charge in [0.1, 0.15) is 12.4 Å². The van der Waals surface area contributed by atoms with Crippen molar-refractivity contribution in [2.45, 2.75) is 13.8 Å². The molecule has 2 aromatic rings. The number of hydrogen-bond acceptors (Lipinski definition) is 4. The molecule has 1 fully saturated rings. The van der Waals surface area contributed by atoms with Crippen LogP contribution in [0.4, 0.5) is 0 Å². The SMILES string of the molecule is CC.CN(C)CCOc1ccccc1.O=C(c1ccccc1)N1CCOCC1. The highest BCUT2D eigenvalue weighted by Crippen LogP contribution is 2.08. The number of nitrogens with zero attached hydrogens (tertiary/aromatic N) is 2. The van der Waals surface area contributed by atoms with Crippen molar-refractivity contribution in [3.05, 3.63) is 66.2 Å². The first-order valence-corrected chi connectivity index (χ1v) is 9.91. The minimum atomic E-state index is 0.105. The number of para-hydroxylation sites is 1. The first-order chi connectivity index (χ1) is 13.7. The van der Waals surface area contributed by atoms with Crippen molar-refractivity contribution in [3.63, 3.8) is 0 Å². The highest BCUT2D eigenvalue weighted by atomic mass is 16.5. The van der Waals surface area contributed by atoms with Crippen LogP contribution in [0.3, 0.4) is 0 Å². The van der Waals surface area contributed by atoms with Crippen molar-refractivity contribution < 1.29 is 14.3 Å². The number of hydrogen-bond donors (Lipinski definition) is 0. The van der Waals surface area contributed by atoms with Crippen LogP contribution in [-0.2, 0) is 4.74 Å². The van der Waals surface area contributed by atoms with Gasteiger partial charge in [0.05, 0.1) is 13.2 Å². The van der Waals surface area contributed by atoms with Crippen molar-refractivity contribution in [3.8, 4) is 5.75 Å². The Hall–Kier alpha value is -2.37. The van der Waals surface area contributed by atoms with Crippen molar-refractivity contribution >= 4 is 5.91 Å². The summed E-state index contributed by atoms with van der Waals surface area (Å²) in [6, 6.07) is 19.2. The average Bonchev–Trinajstić information content (AvgIpc) is 2.77. The van der Waals surface area contributed by atoms with Crippen LogP contribution in [0.15, 0.2) is 60.7 Å². The van der Waals surface area contributed by atoms with Gasteiger partial charge in [-0.3, -0.25) is 4.79 Å². The molecule has 3 rings (SSSR count). The lowest BCUT2D eigenvalue weighted by molar-refractivity contribution is 0.0303. The molecule has 0 aliphatic carbocycles. The topological polar surface area (TPSA) is 42.0 Å². The second-order valence-corrected chi connectivity index (χ2v) is 6.24. The van der Waals surface area contributed by atoms with Gasteiger partial charge in [0.25, 0.3) is 5.91 Å². The van der Waals surface area contributed by atoms with Crippen LogP contribution in [0.5, 0.6) is 5.75 Å². The minimum absolute atomic E-state index is 0.105. The molecular formula is C23H34N2O3. The Morgan fingerprint density at radius 1 is 0.964 bits per heavy atom. The van der Waals surface area contributed by atoms with Crippen LogP contribution >= 0.6 is 0 Å². The van der Waals surface area contributed by atoms with Crippen LogP contribution in [0.2, 0.25) is 0 Å². The molecule has 0 bridgehead atoms. The molecule has 28 heavy (non-hydrogen) atoms. The molecule has 5 heteroatoms. The highest BCUT2D eigenvalue weighted by molar-refractivity contribution is 5.94. The molecule has 1 saturated heterocycles. The van der Waals surface area contributed by atoms with Gasteiger partial charge in [-0.2, -0.15) is 0 Å². The van der Waals surface area contributed by atoms with Gasteiger partial charge in [0, 0.05) is 25.2 Å². The number of ether oxygens (including phenoxy) is 2. The zero-order chi connectivity index (χ0) is 20.6. The average molecular weight is 387 g/mol. The third kappa shape index (κ3) is 9.53. The zero-order valence-electron chi connectivity index (χ0n) is 17.6. The summed E-state index contributed by atoms with van der Waals surface area (Å²) in [6.45, 7) is 8.41. The summed E-state index contributed by atoms with van der Waals surface area (Å²) in [5.74, 6) is 1.05. The lowest BCUT2D eigenvalue weighted by Gasteiger charge is -2.26. The summed E-state index contributed by atoms with van der Waals surface area (Å²) in [6.07, 6.45) is 0. The van der Waals surface area contributed by atoms with Gasteiger partial charge in [-0.15, -0.1) is 0 Å². The van der Waals surface area contributed by atoms with Gasteiger partial charge in [-0.1, -0.05) is 50.2 Å². The molecule has 0 spiro atoms. The molecule has 1 heterocycles. The molecule has 0 aromatic heterocycles. The molecule has 154 valence electrons. The third-order valence-corrected chi connectivity index (χ3v) is 3.87. The fourth-order valence-corrected chi connectivity index (χ4v) is 2.39. The van der Waals surface area contributed by atoms with Crippen molar-refractivity contribution in [2.75, 3.05) is 53.6 Å². The summed E-state index contributed by atoms with van der Waals surface area (Å²) in [5.41, 5.74) is 0.759. The van der Waals surface area contributed by atoms with Gasteiger partial charge < -0.3 is 19.3 Å². The zero-order valence-corrected chi connectivity index (χ0v) is 17.6. The minimum Gasteiger partial charge on any atom is -0.492 e. The van der Waals surface area contributed by atoms with E-state index in [2.05, 4.69) is 4.90 Å². The molecule has 2 aromatic carbocycles. The van der Waals surface area contributed by atoms with Crippen molar-refractivity contribution in [1.82, 2.24) is 9.80 Å². The Labute approximate surface area is 169 Å². The van der Waals surface area contributed by atoms with Crippen LogP contribution in [0, 0.1) is 0 Å². The quantitative estimate of drug-likeness (QED) is 0.784. The van der Waals surface area contributed by atoms with Gasteiger partial charge in [0.2, 0.25) is 0 Å². The number of amides is 1. The number of carbonyl (C=O) groups excluding carboxylic acids is 1. The maximum absolute atomic E-state index is 11.9. The predicted molar refractivity (Wildman–Crippen MR) is 115 cm³/mol. The Morgan fingerprint density at radius 3 is 2.04 bits per heavy atom. The van der Waals surface area contributed by atoms with Gasteiger partial charge in [0.15, 0.2) is 0 Å². The molecule has 1 aliphatic heterocycles. The molecule has 0 saturated carbocycles. The molecule has 0 N–H and O–H groups in total. The number of rotatable bonds is 5. The number of morpholine rings is 1. The summed E-state index contributed by atoms with van der Waals surface area (Å²) < 4.78 is 10.7. The van der Waals surface area contributed by atoms with E-state index in [0.29, 0.717) is 26.3 Å². The summed E-state index contributed by atoms with van der Waals surface area (Å²) in [7, 11) is 4.07. The molecular weight excluding hydrogens is 352 g/mol.